The molecule has 98 valence electrons. The summed E-state index contributed by atoms with van der Waals surface area (Å²) in [5, 5.41) is 9.64. The van der Waals surface area contributed by atoms with Gasteiger partial charge in [-0.15, -0.1) is 0 Å². The highest BCUT2D eigenvalue weighted by Gasteiger charge is 2.65. The Labute approximate surface area is 114 Å². The van der Waals surface area contributed by atoms with Gasteiger partial charge in [-0.05, 0) is 66.6 Å². The smallest absolute Gasteiger partial charge is 0.0783 e. The van der Waals surface area contributed by atoms with Crippen molar-refractivity contribution in [1.29, 1.82) is 0 Å². The molecule has 0 saturated heterocycles. The van der Waals surface area contributed by atoms with Crippen molar-refractivity contribution in [3.8, 4) is 0 Å². The molecular weight excluding hydrogens is 232 g/mol. The minimum Gasteiger partial charge on any atom is -0.190 e. The molecular formula is C17H20N2. The summed E-state index contributed by atoms with van der Waals surface area (Å²) in [4.78, 5) is 0. The van der Waals surface area contributed by atoms with Crippen LogP contribution in [0.1, 0.15) is 19.3 Å². The zero-order valence-corrected chi connectivity index (χ0v) is 11.1. The fourth-order valence-corrected chi connectivity index (χ4v) is 6.87. The summed E-state index contributed by atoms with van der Waals surface area (Å²) < 4.78 is 0. The van der Waals surface area contributed by atoms with Crippen molar-refractivity contribution >= 4 is 0 Å². The third-order valence-electron chi connectivity index (χ3n) is 7.37. The van der Waals surface area contributed by atoms with E-state index in [9.17, 15) is 0 Å². The lowest BCUT2D eigenvalue weighted by Crippen LogP contribution is -2.61. The first-order valence-corrected chi connectivity index (χ1v) is 8.18. The number of azo groups is 1. The number of allylic oxidation sites excluding steroid dienone is 4. The van der Waals surface area contributed by atoms with Crippen LogP contribution in [0.25, 0.3) is 0 Å². The molecule has 0 spiro atoms. The van der Waals surface area contributed by atoms with Gasteiger partial charge < -0.3 is 0 Å². The molecule has 2 heterocycles. The average molecular weight is 252 g/mol. The van der Waals surface area contributed by atoms with Gasteiger partial charge in [0.1, 0.15) is 0 Å². The molecule has 0 N–H and O–H groups in total. The summed E-state index contributed by atoms with van der Waals surface area (Å²) >= 11 is 0. The first-order valence-electron chi connectivity index (χ1n) is 8.18. The zero-order valence-electron chi connectivity index (χ0n) is 11.1. The number of fused-ring (bicyclic) bond motifs is 3. The van der Waals surface area contributed by atoms with Gasteiger partial charge in [-0.3, -0.25) is 0 Å². The number of rotatable bonds is 0. The predicted molar refractivity (Wildman–Crippen MR) is 72.5 cm³/mol. The normalized spacial score (nSPS) is 65.7. The highest BCUT2D eigenvalue weighted by Crippen LogP contribution is 2.65. The number of hydrogen-bond donors (Lipinski definition) is 0. The van der Waals surface area contributed by atoms with Crippen molar-refractivity contribution in [3.05, 3.63) is 24.3 Å². The van der Waals surface area contributed by atoms with E-state index in [0.29, 0.717) is 12.1 Å². The summed E-state index contributed by atoms with van der Waals surface area (Å²) in [7, 11) is 0. The molecule has 0 unspecified atom stereocenters. The summed E-state index contributed by atoms with van der Waals surface area (Å²) in [5.41, 5.74) is 0. The Hall–Kier alpha value is -0.920. The molecule has 6 aliphatic carbocycles. The monoisotopic (exact) mass is 252 g/mol. The Morgan fingerprint density at radius 3 is 1.47 bits per heavy atom. The third kappa shape index (κ3) is 0.976. The van der Waals surface area contributed by atoms with Crippen LogP contribution in [0.3, 0.4) is 0 Å². The van der Waals surface area contributed by atoms with Gasteiger partial charge in [0, 0.05) is 0 Å². The van der Waals surface area contributed by atoms with Crippen molar-refractivity contribution in [3.63, 3.8) is 0 Å². The molecule has 0 radical (unpaired) electrons. The lowest BCUT2D eigenvalue weighted by Gasteiger charge is -2.59. The second-order valence-electron chi connectivity index (χ2n) is 7.76. The van der Waals surface area contributed by atoms with Crippen LogP contribution < -0.4 is 0 Å². The summed E-state index contributed by atoms with van der Waals surface area (Å²) in [6, 6.07) is 1.13. The quantitative estimate of drug-likeness (QED) is 0.590. The van der Waals surface area contributed by atoms with Crippen LogP contribution >= 0.6 is 0 Å². The second kappa shape index (κ2) is 3.05. The molecule has 8 aliphatic rings. The molecule has 0 aromatic rings. The van der Waals surface area contributed by atoms with E-state index in [1.54, 1.807) is 0 Å². The van der Waals surface area contributed by atoms with Crippen molar-refractivity contribution in [1.82, 2.24) is 0 Å². The fraction of sp³-hybridized carbons (Fsp3) is 0.765. The first-order chi connectivity index (χ1) is 9.42. The van der Waals surface area contributed by atoms with Crippen LogP contribution in [0.2, 0.25) is 0 Å². The van der Waals surface area contributed by atoms with Crippen molar-refractivity contribution in [2.24, 2.45) is 57.6 Å². The molecule has 3 fully saturated rings. The van der Waals surface area contributed by atoms with Crippen LogP contribution in [-0.4, -0.2) is 12.1 Å². The summed E-state index contributed by atoms with van der Waals surface area (Å²) in [6.07, 6.45) is 14.3. The van der Waals surface area contributed by atoms with Gasteiger partial charge in [0.05, 0.1) is 12.1 Å². The van der Waals surface area contributed by atoms with Gasteiger partial charge in [0.15, 0.2) is 0 Å². The number of nitrogens with zero attached hydrogens (tertiary/aromatic N) is 2. The molecule has 2 heteroatoms. The molecule has 6 bridgehead atoms. The van der Waals surface area contributed by atoms with Crippen LogP contribution in [0, 0.1) is 47.3 Å². The Balaban J connectivity index is 1.53. The Morgan fingerprint density at radius 2 is 1.00 bits per heavy atom. The molecule has 2 aliphatic heterocycles. The zero-order chi connectivity index (χ0) is 12.1. The summed E-state index contributed by atoms with van der Waals surface area (Å²) in [5.74, 6) is 6.73. The Bertz CT molecular complexity index is 489. The van der Waals surface area contributed by atoms with Gasteiger partial charge >= 0.3 is 0 Å². The molecule has 0 aromatic heterocycles. The summed E-state index contributed by atoms with van der Waals surface area (Å²) in [6.45, 7) is 0. The van der Waals surface area contributed by atoms with E-state index in [0.717, 1.165) is 47.3 Å². The Kier molecular flexibility index (Phi) is 1.59. The average Bonchev–Trinajstić information content (AvgIpc) is 3.12. The van der Waals surface area contributed by atoms with E-state index in [4.69, 9.17) is 10.2 Å². The molecule has 3 saturated carbocycles. The number of hydrogen-bond acceptors (Lipinski definition) is 2. The van der Waals surface area contributed by atoms with Gasteiger partial charge in [-0.1, -0.05) is 24.3 Å². The van der Waals surface area contributed by atoms with Gasteiger partial charge in [-0.25, -0.2) is 0 Å². The van der Waals surface area contributed by atoms with Gasteiger partial charge in [-0.2, -0.15) is 10.2 Å². The molecule has 0 aromatic carbocycles. The van der Waals surface area contributed by atoms with Gasteiger partial charge in [0.25, 0.3) is 0 Å². The largest absolute Gasteiger partial charge is 0.190 e. The van der Waals surface area contributed by atoms with E-state index >= 15 is 0 Å². The SMILES string of the molecule is C1=C[C@@H]2CC[C@@H]1[C@H]1[C@H]3N=N[C@@H]([C@@H]4[C@H]3[C@H]3C=C[C@H]4C3)[C@@H]12. The van der Waals surface area contributed by atoms with Crippen LogP contribution in [-0.2, 0) is 0 Å². The maximum absolute atomic E-state index is 4.82. The fourth-order valence-electron chi connectivity index (χ4n) is 6.87. The van der Waals surface area contributed by atoms with Crippen molar-refractivity contribution in [2.45, 2.75) is 31.3 Å². The molecule has 2 nitrogen and oxygen atoms in total. The second-order valence-corrected chi connectivity index (χ2v) is 7.76. The maximum atomic E-state index is 4.82. The molecule has 10 atom stereocenters. The van der Waals surface area contributed by atoms with Crippen LogP contribution in [0.15, 0.2) is 34.5 Å². The van der Waals surface area contributed by atoms with E-state index < -0.39 is 0 Å². The van der Waals surface area contributed by atoms with Crippen molar-refractivity contribution in [2.75, 3.05) is 0 Å². The Morgan fingerprint density at radius 1 is 0.579 bits per heavy atom. The van der Waals surface area contributed by atoms with Crippen LogP contribution in [0.5, 0.6) is 0 Å². The highest BCUT2D eigenvalue weighted by atomic mass is 15.2. The minimum absolute atomic E-state index is 0.567. The standard InChI is InChI=1S/C17H20N2/c1-2-9-4-3-8(1)12-13(9)17-15-11-6-5-10(7-11)14(15)16(12)18-19-17/h1-2,5-6,8-17H,3-4,7H2/t8-,9-,10+,11+,12-,13-,14-,15+,16-,17-/m1/s1. The predicted octanol–water partition coefficient (Wildman–Crippen LogP) is 3.47. The van der Waals surface area contributed by atoms with Crippen molar-refractivity contribution < 1.29 is 0 Å². The third-order valence-corrected chi connectivity index (χ3v) is 7.37. The van der Waals surface area contributed by atoms with E-state index in [2.05, 4.69) is 24.3 Å². The topological polar surface area (TPSA) is 24.7 Å². The molecule has 0 amide bonds. The lowest BCUT2D eigenvalue weighted by molar-refractivity contribution is -0.0488. The van der Waals surface area contributed by atoms with Crippen LogP contribution in [0.4, 0.5) is 0 Å². The van der Waals surface area contributed by atoms with E-state index in [-0.39, 0.29) is 0 Å². The highest BCUT2D eigenvalue weighted by molar-refractivity contribution is 5.27. The lowest BCUT2D eigenvalue weighted by atomic mass is 9.48. The maximum Gasteiger partial charge on any atom is 0.0783 e. The minimum atomic E-state index is 0.567. The molecule has 8 rings (SSSR count). The molecule has 19 heavy (non-hydrogen) atoms. The van der Waals surface area contributed by atoms with E-state index in [1.165, 1.54) is 19.3 Å². The van der Waals surface area contributed by atoms with Gasteiger partial charge in [0.2, 0.25) is 0 Å². The van der Waals surface area contributed by atoms with E-state index in [1.807, 2.05) is 0 Å². The first kappa shape index (κ1) is 9.90.